The van der Waals surface area contributed by atoms with Gasteiger partial charge in [0.1, 0.15) is 0 Å². The van der Waals surface area contributed by atoms with Crippen molar-refractivity contribution < 1.29 is 4.79 Å². The molecule has 2 amide bonds. The molecule has 0 aliphatic carbocycles. The topological polar surface area (TPSA) is 58.4 Å². The molecule has 1 aromatic carbocycles. The van der Waals surface area contributed by atoms with Gasteiger partial charge < -0.3 is 16.0 Å². The third kappa shape index (κ3) is 3.39. The Morgan fingerprint density at radius 2 is 2.17 bits per heavy atom. The Morgan fingerprint density at radius 3 is 2.83 bits per heavy atom. The monoisotopic (exact) mass is 247 g/mol. The van der Waals surface area contributed by atoms with Crippen LogP contribution in [-0.2, 0) is 6.54 Å². The normalized spacial score (nSPS) is 19.6. The van der Waals surface area contributed by atoms with Gasteiger partial charge in [-0.2, -0.15) is 0 Å². The van der Waals surface area contributed by atoms with Crippen LogP contribution in [0.15, 0.2) is 24.3 Å². The average Bonchev–Trinajstić information content (AvgIpc) is 2.38. The van der Waals surface area contributed by atoms with Gasteiger partial charge in [-0.1, -0.05) is 19.1 Å². The van der Waals surface area contributed by atoms with Crippen LogP contribution in [0.4, 0.5) is 10.5 Å². The van der Waals surface area contributed by atoms with Gasteiger partial charge in [0.25, 0.3) is 0 Å². The van der Waals surface area contributed by atoms with Crippen molar-refractivity contribution in [3.63, 3.8) is 0 Å². The van der Waals surface area contributed by atoms with Crippen molar-refractivity contribution in [1.82, 2.24) is 10.2 Å². The summed E-state index contributed by atoms with van der Waals surface area (Å²) in [5.74, 6) is 0.612. The molecule has 0 radical (unpaired) electrons. The number of hydrogen-bond acceptors (Lipinski definition) is 2. The lowest BCUT2D eigenvalue weighted by Gasteiger charge is -2.30. The number of nitrogen functional groups attached to an aromatic ring is 1. The van der Waals surface area contributed by atoms with Crippen LogP contribution in [0.1, 0.15) is 25.3 Å². The van der Waals surface area contributed by atoms with Gasteiger partial charge in [-0.25, -0.2) is 4.79 Å². The molecule has 1 heterocycles. The Bertz CT molecular complexity index is 402. The van der Waals surface area contributed by atoms with Crippen LogP contribution in [0, 0.1) is 5.92 Å². The van der Waals surface area contributed by atoms with E-state index in [4.69, 9.17) is 5.73 Å². The van der Waals surface area contributed by atoms with Crippen molar-refractivity contribution in [2.24, 2.45) is 5.92 Å². The molecule has 4 heteroatoms. The van der Waals surface area contributed by atoms with Gasteiger partial charge in [-0.3, -0.25) is 0 Å². The zero-order valence-electron chi connectivity index (χ0n) is 10.9. The van der Waals surface area contributed by atoms with Crippen molar-refractivity contribution in [3.05, 3.63) is 29.8 Å². The molecule has 18 heavy (non-hydrogen) atoms. The van der Waals surface area contributed by atoms with E-state index in [0.717, 1.165) is 30.8 Å². The Morgan fingerprint density at radius 1 is 1.44 bits per heavy atom. The summed E-state index contributed by atoms with van der Waals surface area (Å²) in [4.78, 5) is 13.9. The standard InChI is InChI=1S/C14H21N3O/c1-11-3-2-8-17(10-11)14(18)16-9-12-4-6-13(15)7-5-12/h4-7,11H,2-3,8-10,15H2,1H3,(H,16,18). The van der Waals surface area contributed by atoms with Crippen molar-refractivity contribution in [2.75, 3.05) is 18.8 Å². The second-order valence-corrected chi connectivity index (χ2v) is 5.09. The lowest BCUT2D eigenvalue weighted by molar-refractivity contribution is 0.169. The number of carbonyl (C=O) groups excluding carboxylic acids is 1. The summed E-state index contributed by atoms with van der Waals surface area (Å²) in [6, 6.07) is 7.62. The number of anilines is 1. The zero-order chi connectivity index (χ0) is 13.0. The first kappa shape index (κ1) is 12.7. The Hall–Kier alpha value is -1.71. The predicted octanol–water partition coefficient (Wildman–Crippen LogP) is 2.21. The van der Waals surface area contributed by atoms with Crippen molar-refractivity contribution in [1.29, 1.82) is 0 Å². The van der Waals surface area contributed by atoms with Crippen molar-refractivity contribution in [2.45, 2.75) is 26.3 Å². The maximum absolute atomic E-state index is 12.0. The molecule has 1 aliphatic rings. The van der Waals surface area contributed by atoms with E-state index in [2.05, 4.69) is 12.2 Å². The first-order valence-electron chi connectivity index (χ1n) is 6.52. The van der Waals surface area contributed by atoms with Crippen LogP contribution in [0.5, 0.6) is 0 Å². The number of benzene rings is 1. The third-order valence-corrected chi connectivity index (χ3v) is 3.37. The van der Waals surface area contributed by atoms with E-state index in [-0.39, 0.29) is 6.03 Å². The van der Waals surface area contributed by atoms with Gasteiger partial charge >= 0.3 is 6.03 Å². The molecule has 98 valence electrons. The van der Waals surface area contributed by atoms with E-state index in [1.54, 1.807) is 0 Å². The SMILES string of the molecule is CC1CCCN(C(=O)NCc2ccc(N)cc2)C1. The smallest absolute Gasteiger partial charge is 0.317 e. The van der Waals surface area contributed by atoms with Crippen LogP contribution < -0.4 is 11.1 Å². The number of nitrogens with zero attached hydrogens (tertiary/aromatic N) is 1. The predicted molar refractivity (Wildman–Crippen MR) is 73.1 cm³/mol. The third-order valence-electron chi connectivity index (χ3n) is 3.37. The van der Waals surface area contributed by atoms with Crippen LogP contribution in [0.25, 0.3) is 0 Å². The summed E-state index contributed by atoms with van der Waals surface area (Å²) >= 11 is 0. The van der Waals surface area contributed by atoms with Crippen LogP contribution in [0.3, 0.4) is 0 Å². The zero-order valence-corrected chi connectivity index (χ0v) is 10.9. The minimum Gasteiger partial charge on any atom is -0.399 e. The van der Waals surface area contributed by atoms with E-state index in [1.807, 2.05) is 29.2 Å². The largest absolute Gasteiger partial charge is 0.399 e. The maximum Gasteiger partial charge on any atom is 0.317 e. The molecule has 0 aromatic heterocycles. The molecule has 4 nitrogen and oxygen atoms in total. The van der Waals surface area contributed by atoms with Gasteiger partial charge in [0.15, 0.2) is 0 Å². The average molecular weight is 247 g/mol. The fraction of sp³-hybridized carbons (Fsp3) is 0.500. The number of nitrogens with one attached hydrogen (secondary N) is 1. The summed E-state index contributed by atoms with van der Waals surface area (Å²) in [6.45, 7) is 4.49. The highest BCUT2D eigenvalue weighted by molar-refractivity contribution is 5.74. The van der Waals surface area contributed by atoms with E-state index in [9.17, 15) is 4.79 Å². The molecule has 1 fully saturated rings. The fourth-order valence-electron chi connectivity index (χ4n) is 2.30. The Kier molecular flexibility index (Phi) is 4.07. The highest BCUT2D eigenvalue weighted by Crippen LogP contribution is 2.15. The molecular formula is C14H21N3O. The maximum atomic E-state index is 12.0. The lowest BCUT2D eigenvalue weighted by atomic mass is 10.0. The second-order valence-electron chi connectivity index (χ2n) is 5.09. The van der Waals surface area contributed by atoms with Crippen LogP contribution >= 0.6 is 0 Å². The number of rotatable bonds is 2. The molecule has 1 atom stereocenters. The molecule has 1 unspecified atom stereocenters. The molecule has 3 N–H and O–H groups in total. The van der Waals surface area contributed by atoms with Crippen LogP contribution in [-0.4, -0.2) is 24.0 Å². The highest BCUT2D eigenvalue weighted by Gasteiger charge is 2.20. The quantitative estimate of drug-likeness (QED) is 0.787. The molecule has 0 bridgehead atoms. The first-order chi connectivity index (χ1) is 8.65. The number of nitrogens with two attached hydrogens (primary N) is 1. The molecule has 1 aromatic rings. The van der Waals surface area contributed by atoms with Crippen molar-refractivity contribution in [3.8, 4) is 0 Å². The van der Waals surface area contributed by atoms with Gasteiger partial charge in [0.2, 0.25) is 0 Å². The van der Waals surface area contributed by atoms with Crippen LogP contribution in [0.2, 0.25) is 0 Å². The minimum absolute atomic E-state index is 0.0402. The van der Waals surface area contributed by atoms with Gasteiger partial charge in [0.05, 0.1) is 0 Å². The molecule has 0 saturated carbocycles. The second kappa shape index (κ2) is 5.76. The Balaban J connectivity index is 1.82. The molecule has 1 saturated heterocycles. The van der Waals surface area contributed by atoms with Gasteiger partial charge in [-0.15, -0.1) is 0 Å². The summed E-state index contributed by atoms with van der Waals surface area (Å²) in [7, 11) is 0. The van der Waals surface area contributed by atoms with Gasteiger partial charge in [-0.05, 0) is 36.5 Å². The van der Waals surface area contributed by atoms with E-state index in [1.165, 1.54) is 6.42 Å². The molecule has 0 spiro atoms. The molecule has 1 aliphatic heterocycles. The molecular weight excluding hydrogens is 226 g/mol. The lowest BCUT2D eigenvalue weighted by Crippen LogP contribution is -2.44. The van der Waals surface area contributed by atoms with Crippen molar-refractivity contribution >= 4 is 11.7 Å². The van der Waals surface area contributed by atoms with Gasteiger partial charge in [0, 0.05) is 25.3 Å². The first-order valence-corrected chi connectivity index (χ1v) is 6.52. The number of likely N-dealkylation sites (tertiary alicyclic amines) is 1. The minimum atomic E-state index is 0.0402. The number of amides is 2. The summed E-state index contributed by atoms with van der Waals surface area (Å²) in [6.07, 6.45) is 2.33. The fourth-order valence-corrected chi connectivity index (χ4v) is 2.30. The summed E-state index contributed by atoms with van der Waals surface area (Å²) < 4.78 is 0. The highest BCUT2D eigenvalue weighted by atomic mass is 16.2. The van der Waals surface area contributed by atoms with E-state index < -0.39 is 0 Å². The molecule has 2 rings (SSSR count). The van der Waals surface area contributed by atoms with E-state index >= 15 is 0 Å². The number of piperidine rings is 1. The Labute approximate surface area is 108 Å². The number of carbonyl (C=O) groups is 1. The number of urea groups is 1. The van der Waals surface area contributed by atoms with E-state index in [0.29, 0.717) is 12.5 Å². The summed E-state index contributed by atoms with van der Waals surface area (Å²) in [5.41, 5.74) is 7.44. The summed E-state index contributed by atoms with van der Waals surface area (Å²) in [5, 5.41) is 2.95. The number of hydrogen-bond donors (Lipinski definition) is 2.